The van der Waals surface area contributed by atoms with Crippen LogP contribution in [0.5, 0.6) is 11.5 Å². The summed E-state index contributed by atoms with van der Waals surface area (Å²) in [6.07, 6.45) is 0.455. The van der Waals surface area contributed by atoms with Crippen molar-refractivity contribution in [2.75, 3.05) is 7.11 Å². The summed E-state index contributed by atoms with van der Waals surface area (Å²) < 4.78 is 10.5. The second kappa shape index (κ2) is 8.66. The number of methoxy groups -OCH3 is 1. The molecule has 0 saturated carbocycles. The zero-order valence-electron chi connectivity index (χ0n) is 14.7. The maximum Gasteiger partial charge on any atom is 0.344 e. The number of hydrogen-bond donors (Lipinski definition) is 2. The third-order valence-corrected chi connectivity index (χ3v) is 3.53. The van der Waals surface area contributed by atoms with Crippen molar-refractivity contribution in [1.82, 2.24) is 5.43 Å². The van der Waals surface area contributed by atoms with Crippen LogP contribution in [0, 0.1) is 6.92 Å². The normalized spacial score (nSPS) is 11.8. The third kappa shape index (κ3) is 5.07. The Morgan fingerprint density at radius 1 is 1.15 bits per heavy atom. The molecule has 0 aliphatic heterocycles. The number of carboxylic acid groups (broad SMARTS) is 1. The van der Waals surface area contributed by atoms with E-state index in [-0.39, 0.29) is 5.91 Å². The van der Waals surface area contributed by atoms with Crippen LogP contribution in [0.1, 0.15) is 28.4 Å². The van der Waals surface area contributed by atoms with Gasteiger partial charge in [-0.2, -0.15) is 5.10 Å². The van der Waals surface area contributed by atoms with Crippen molar-refractivity contribution in [3.8, 4) is 11.5 Å². The van der Waals surface area contributed by atoms with Gasteiger partial charge in [0.05, 0.1) is 13.3 Å². The highest BCUT2D eigenvalue weighted by Crippen LogP contribution is 2.28. The summed E-state index contributed by atoms with van der Waals surface area (Å²) in [5.74, 6) is -0.713. The average molecular weight is 356 g/mol. The van der Waals surface area contributed by atoms with Crippen molar-refractivity contribution >= 4 is 18.1 Å². The first-order valence-electron chi connectivity index (χ1n) is 7.88. The lowest BCUT2D eigenvalue weighted by molar-refractivity contribution is -0.144. The number of carbonyl (C=O) groups excluding carboxylic acids is 1. The molecule has 0 heterocycles. The number of benzene rings is 2. The molecule has 0 aliphatic carbocycles. The molecular formula is C19H20N2O5. The van der Waals surface area contributed by atoms with Crippen molar-refractivity contribution in [3.63, 3.8) is 0 Å². The number of carboxylic acids is 1. The van der Waals surface area contributed by atoms with Crippen LogP contribution in [0.2, 0.25) is 0 Å². The fourth-order valence-corrected chi connectivity index (χ4v) is 2.04. The second-order valence-corrected chi connectivity index (χ2v) is 5.57. The van der Waals surface area contributed by atoms with Gasteiger partial charge in [0.2, 0.25) is 0 Å². The summed E-state index contributed by atoms with van der Waals surface area (Å²) in [6.45, 7) is 3.37. The molecule has 0 aromatic heterocycles. The fourth-order valence-electron chi connectivity index (χ4n) is 2.04. The first kappa shape index (κ1) is 19.0. The third-order valence-electron chi connectivity index (χ3n) is 3.53. The maximum absolute atomic E-state index is 12.0. The van der Waals surface area contributed by atoms with Crippen LogP contribution in [0.15, 0.2) is 47.6 Å². The number of amides is 1. The summed E-state index contributed by atoms with van der Waals surface area (Å²) in [7, 11) is 1.45. The van der Waals surface area contributed by atoms with Crippen LogP contribution >= 0.6 is 0 Å². The van der Waals surface area contributed by atoms with E-state index in [1.807, 2.05) is 19.1 Å². The van der Waals surface area contributed by atoms with Gasteiger partial charge in [0.1, 0.15) is 0 Å². The molecule has 136 valence electrons. The zero-order valence-corrected chi connectivity index (χ0v) is 14.7. The van der Waals surface area contributed by atoms with Crippen molar-refractivity contribution < 1.29 is 24.2 Å². The molecule has 2 N–H and O–H groups in total. The van der Waals surface area contributed by atoms with E-state index in [1.54, 1.807) is 30.3 Å². The van der Waals surface area contributed by atoms with Gasteiger partial charge >= 0.3 is 5.97 Å². The number of nitrogens with zero attached hydrogens (tertiary/aromatic N) is 1. The largest absolute Gasteiger partial charge is 0.493 e. The number of carbonyl (C=O) groups is 2. The highest BCUT2D eigenvalue weighted by atomic mass is 16.5. The Morgan fingerprint density at radius 3 is 2.46 bits per heavy atom. The first-order valence-corrected chi connectivity index (χ1v) is 7.88. The van der Waals surface area contributed by atoms with Gasteiger partial charge in [-0.25, -0.2) is 10.2 Å². The Balaban J connectivity index is 2.04. The molecule has 0 unspecified atom stereocenters. The SMILES string of the molecule is COc1cc(/C=N\NC(=O)c2ccc(C)cc2)ccc1O[C@@H](C)C(=O)O. The minimum atomic E-state index is -1.07. The molecule has 2 rings (SSSR count). The van der Waals surface area contributed by atoms with E-state index in [0.717, 1.165) is 5.56 Å². The van der Waals surface area contributed by atoms with Crippen LogP contribution in [0.25, 0.3) is 0 Å². The minimum absolute atomic E-state index is 0.309. The van der Waals surface area contributed by atoms with Crippen LogP contribution < -0.4 is 14.9 Å². The number of rotatable bonds is 7. The number of aliphatic carboxylic acids is 1. The van der Waals surface area contributed by atoms with Crippen molar-refractivity contribution in [2.45, 2.75) is 20.0 Å². The summed E-state index contributed by atoms with van der Waals surface area (Å²) in [4.78, 5) is 22.9. The number of hydrogen-bond acceptors (Lipinski definition) is 5. The minimum Gasteiger partial charge on any atom is -0.493 e. The molecule has 1 amide bonds. The smallest absolute Gasteiger partial charge is 0.344 e. The van der Waals surface area contributed by atoms with Gasteiger partial charge in [-0.15, -0.1) is 0 Å². The molecular weight excluding hydrogens is 336 g/mol. The monoisotopic (exact) mass is 356 g/mol. The van der Waals surface area contributed by atoms with Crippen molar-refractivity contribution in [3.05, 3.63) is 59.2 Å². The summed E-state index contributed by atoms with van der Waals surface area (Å²) in [6, 6.07) is 12.0. The van der Waals surface area contributed by atoms with Gasteiger partial charge in [0.15, 0.2) is 17.6 Å². The van der Waals surface area contributed by atoms with E-state index in [4.69, 9.17) is 14.6 Å². The summed E-state index contributed by atoms with van der Waals surface area (Å²) >= 11 is 0. The standard InChI is InChI=1S/C19H20N2O5/c1-12-4-7-15(8-5-12)18(22)21-20-11-14-6-9-16(17(10-14)25-3)26-13(2)19(23)24/h4-11,13H,1-3H3,(H,21,22)(H,23,24)/b20-11-/t13-/m0/s1. The second-order valence-electron chi connectivity index (χ2n) is 5.57. The summed E-state index contributed by atoms with van der Waals surface area (Å²) in [5, 5.41) is 12.8. The molecule has 0 bridgehead atoms. The Hall–Kier alpha value is -3.35. The number of aryl methyl sites for hydroxylation is 1. The van der Waals surface area contributed by atoms with Gasteiger partial charge in [0, 0.05) is 5.56 Å². The van der Waals surface area contributed by atoms with E-state index in [1.165, 1.54) is 20.2 Å². The molecule has 2 aromatic carbocycles. The number of ether oxygens (including phenoxy) is 2. The zero-order chi connectivity index (χ0) is 19.1. The Kier molecular flexibility index (Phi) is 6.32. The first-order chi connectivity index (χ1) is 12.4. The molecule has 2 aromatic rings. The van der Waals surface area contributed by atoms with Gasteiger partial charge in [-0.05, 0) is 49.7 Å². The van der Waals surface area contributed by atoms with E-state index in [9.17, 15) is 9.59 Å². The Morgan fingerprint density at radius 2 is 1.85 bits per heavy atom. The van der Waals surface area contributed by atoms with Gasteiger partial charge in [-0.1, -0.05) is 17.7 Å². The van der Waals surface area contributed by atoms with Crippen LogP contribution in [-0.4, -0.2) is 36.4 Å². The quantitative estimate of drug-likeness (QED) is 0.587. The van der Waals surface area contributed by atoms with E-state index >= 15 is 0 Å². The predicted octanol–water partition coefficient (Wildman–Crippen LogP) is 2.62. The highest BCUT2D eigenvalue weighted by molar-refractivity contribution is 5.94. The van der Waals surface area contributed by atoms with E-state index in [2.05, 4.69) is 10.5 Å². The predicted molar refractivity (Wildman–Crippen MR) is 97.0 cm³/mol. The molecule has 7 heteroatoms. The Labute approximate surface area is 151 Å². The van der Waals surface area contributed by atoms with E-state index in [0.29, 0.717) is 22.6 Å². The molecule has 1 atom stereocenters. The molecule has 7 nitrogen and oxygen atoms in total. The van der Waals surface area contributed by atoms with Gasteiger partial charge < -0.3 is 14.6 Å². The fraction of sp³-hybridized carbons (Fsp3) is 0.211. The Bertz CT molecular complexity index is 815. The molecule has 0 spiro atoms. The van der Waals surface area contributed by atoms with Crippen molar-refractivity contribution in [1.29, 1.82) is 0 Å². The molecule has 0 fully saturated rings. The molecule has 26 heavy (non-hydrogen) atoms. The molecule has 0 radical (unpaired) electrons. The van der Waals surface area contributed by atoms with E-state index < -0.39 is 12.1 Å². The maximum atomic E-state index is 12.0. The van der Waals surface area contributed by atoms with Gasteiger partial charge in [0.25, 0.3) is 5.91 Å². The van der Waals surface area contributed by atoms with Crippen LogP contribution in [0.3, 0.4) is 0 Å². The number of nitrogens with one attached hydrogen (secondary N) is 1. The topological polar surface area (TPSA) is 97.2 Å². The highest BCUT2D eigenvalue weighted by Gasteiger charge is 2.15. The summed E-state index contributed by atoms with van der Waals surface area (Å²) in [5.41, 5.74) is 4.68. The molecule has 0 saturated heterocycles. The number of hydrazone groups is 1. The molecule has 0 aliphatic rings. The lowest BCUT2D eigenvalue weighted by Crippen LogP contribution is -2.23. The van der Waals surface area contributed by atoms with Crippen LogP contribution in [0.4, 0.5) is 0 Å². The lowest BCUT2D eigenvalue weighted by atomic mass is 10.1. The lowest BCUT2D eigenvalue weighted by Gasteiger charge is -2.14. The van der Waals surface area contributed by atoms with Gasteiger partial charge in [-0.3, -0.25) is 4.79 Å². The average Bonchev–Trinajstić information content (AvgIpc) is 2.63. The van der Waals surface area contributed by atoms with Crippen LogP contribution in [-0.2, 0) is 4.79 Å². The van der Waals surface area contributed by atoms with Crippen molar-refractivity contribution in [2.24, 2.45) is 5.10 Å².